The van der Waals surface area contributed by atoms with Crippen LogP contribution >= 0.6 is 0 Å². The molecule has 0 aromatic carbocycles. The number of nitrogens with zero attached hydrogens (tertiary/aromatic N) is 1. The Hall–Kier alpha value is -0.610. The molecule has 4 heteroatoms. The van der Waals surface area contributed by atoms with E-state index in [1.54, 1.807) is 7.11 Å². The van der Waals surface area contributed by atoms with Gasteiger partial charge in [0.15, 0.2) is 0 Å². The molecule has 4 nitrogen and oxygen atoms in total. The summed E-state index contributed by atoms with van der Waals surface area (Å²) in [5, 5.41) is 3.15. The van der Waals surface area contributed by atoms with E-state index in [0.717, 1.165) is 25.9 Å². The summed E-state index contributed by atoms with van der Waals surface area (Å²) in [5.41, 5.74) is 0. The van der Waals surface area contributed by atoms with Crippen LogP contribution in [0.25, 0.3) is 0 Å². The number of piperidine rings is 1. The second-order valence-electron chi connectivity index (χ2n) is 4.35. The lowest BCUT2D eigenvalue weighted by atomic mass is 10.1. The smallest absolute Gasteiger partial charge is 0.236 e. The molecule has 1 N–H and O–H groups in total. The quantitative estimate of drug-likeness (QED) is 0.746. The number of ether oxygens (including phenoxy) is 1. The highest BCUT2D eigenvalue weighted by atomic mass is 16.5. The maximum absolute atomic E-state index is 11.7. The molecule has 1 aliphatic rings. The normalized spacial score (nSPS) is 18.5. The summed E-state index contributed by atoms with van der Waals surface area (Å²) in [6.45, 7) is 6.21. The largest absolute Gasteiger partial charge is 0.381 e. The van der Waals surface area contributed by atoms with E-state index in [-0.39, 0.29) is 5.91 Å². The van der Waals surface area contributed by atoms with Gasteiger partial charge in [-0.2, -0.15) is 0 Å². The fraction of sp³-hybridized carbons (Fsp3) is 0.909. The van der Waals surface area contributed by atoms with Crippen LogP contribution in [0.1, 0.15) is 26.7 Å². The molecule has 1 saturated heterocycles. The zero-order valence-corrected chi connectivity index (χ0v) is 9.95. The first-order valence-electron chi connectivity index (χ1n) is 5.67. The lowest BCUT2D eigenvalue weighted by Gasteiger charge is -2.31. The second kappa shape index (κ2) is 6.08. The van der Waals surface area contributed by atoms with Crippen molar-refractivity contribution in [2.24, 2.45) is 0 Å². The summed E-state index contributed by atoms with van der Waals surface area (Å²) in [7, 11) is 1.74. The summed E-state index contributed by atoms with van der Waals surface area (Å²) in [6, 6.07) is 0.366. The van der Waals surface area contributed by atoms with Crippen molar-refractivity contribution in [3.8, 4) is 0 Å². The molecule has 1 amide bonds. The van der Waals surface area contributed by atoms with E-state index < -0.39 is 0 Å². The standard InChI is InChI=1S/C11H22N2O2/c1-9(2)12-8-11(14)13-6-4-10(15-3)5-7-13/h9-10,12H,4-8H2,1-3H3. The molecule has 0 atom stereocenters. The predicted octanol–water partition coefficient (Wildman–Crippen LogP) is 0.622. The van der Waals surface area contributed by atoms with Gasteiger partial charge >= 0.3 is 0 Å². The molecule has 1 aliphatic heterocycles. The van der Waals surface area contributed by atoms with Crippen molar-refractivity contribution < 1.29 is 9.53 Å². The van der Waals surface area contributed by atoms with Gasteiger partial charge in [0.1, 0.15) is 0 Å². The zero-order valence-electron chi connectivity index (χ0n) is 9.95. The maximum Gasteiger partial charge on any atom is 0.236 e. The molecular formula is C11H22N2O2. The molecule has 0 spiro atoms. The fourth-order valence-corrected chi connectivity index (χ4v) is 1.74. The van der Waals surface area contributed by atoms with Crippen molar-refractivity contribution in [2.75, 3.05) is 26.7 Å². The predicted molar refractivity (Wildman–Crippen MR) is 59.7 cm³/mol. The monoisotopic (exact) mass is 214 g/mol. The molecular weight excluding hydrogens is 192 g/mol. The highest BCUT2D eigenvalue weighted by molar-refractivity contribution is 5.78. The minimum absolute atomic E-state index is 0.207. The first-order valence-corrected chi connectivity index (χ1v) is 5.67. The average Bonchev–Trinajstić information content (AvgIpc) is 2.26. The third-order valence-electron chi connectivity index (χ3n) is 2.79. The number of hydrogen-bond donors (Lipinski definition) is 1. The number of amides is 1. The number of nitrogens with one attached hydrogen (secondary N) is 1. The van der Waals surface area contributed by atoms with Crippen molar-refractivity contribution in [2.45, 2.75) is 38.8 Å². The van der Waals surface area contributed by atoms with Crippen molar-refractivity contribution >= 4 is 5.91 Å². The van der Waals surface area contributed by atoms with E-state index in [1.165, 1.54) is 0 Å². The van der Waals surface area contributed by atoms with Gasteiger partial charge in [0.2, 0.25) is 5.91 Å². The zero-order chi connectivity index (χ0) is 11.3. The van der Waals surface area contributed by atoms with Crippen LogP contribution < -0.4 is 5.32 Å². The van der Waals surface area contributed by atoms with Crippen LogP contribution in [-0.2, 0) is 9.53 Å². The van der Waals surface area contributed by atoms with Crippen molar-refractivity contribution in [1.29, 1.82) is 0 Å². The molecule has 0 radical (unpaired) electrons. The molecule has 1 heterocycles. The summed E-state index contributed by atoms with van der Waals surface area (Å²) < 4.78 is 5.26. The first kappa shape index (κ1) is 12.5. The molecule has 1 rings (SSSR count). The van der Waals surface area contributed by atoms with Gasteiger partial charge in [-0.3, -0.25) is 4.79 Å². The van der Waals surface area contributed by atoms with Crippen LogP contribution in [0.2, 0.25) is 0 Å². The van der Waals surface area contributed by atoms with Crippen molar-refractivity contribution in [3.63, 3.8) is 0 Å². The van der Waals surface area contributed by atoms with E-state index in [4.69, 9.17) is 4.74 Å². The summed E-state index contributed by atoms with van der Waals surface area (Å²) in [4.78, 5) is 13.6. The van der Waals surface area contributed by atoms with Gasteiger partial charge in [-0.1, -0.05) is 13.8 Å². The van der Waals surface area contributed by atoms with E-state index in [9.17, 15) is 4.79 Å². The Morgan fingerprint density at radius 3 is 2.53 bits per heavy atom. The van der Waals surface area contributed by atoms with Crippen LogP contribution in [0.5, 0.6) is 0 Å². The van der Waals surface area contributed by atoms with Crippen LogP contribution in [-0.4, -0.2) is 49.7 Å². The number of likely N-dealkylation sites (tertiary alicyclic amines) is 1. The molecule has 0 aromatic rings. The van der Waals surface area contributed by atoms with E-state index in [1.807, 2.05) is 18.7 Å². The Morgan fingerprint density at radius 1 is 1.47 bits per heavy atom. The second-order valence-corrected chi connectivity index (χ2v) is 4.35. The summed E-state index contributed by atoms with van der Waals surface area (Å²) >= 11 is 0. The number of carbonyl (C=O) groups is 1. The average molecular weight is 214 g/mol. The van der Waals surface area contributed by atoms with Crippen LogP contribution in [0.4, 0.5) is 0 Å². The minimum Gasteiger partial charge on any atom is -0.381 e. The van der Waals surface area contributed by atoms with Crippen LogP contribution in [0, 0.1) is 0 Å². The Balaban J connectivity index is 2.24. The topological polar surface area (TPSA) is 41.6 Å². The highest BCUT2D eigenvalue weighted by Gasteiger charge is 2.21. The Bertz CT molecular complexity index is 199. The van der Waals surface area contributed by atoms with Gasteiger partial charge in [0.25, 0.3) is 0 Å². The summed E-state index contributed by atoms with van der Waals surface area (Å²) in [6.07, 6.45) is 2.26. The summed E-state index contributed by atoms with van der Waals surface area (Å²) in [5.74, 6) is 0.207. The molecule has 0 aromatic heterocycles. The van der Waals surface area contributed by atoms with Crippen LogP contribution in [0.3, 0.4) is 0 Å². The first-order chi connectivity index (χ1) is 7.13. The van der Waals surface area contributed by atoms with Crippen molar-refractivity contribution in [1.82, 2.24) is 10.2 Å². The van der Waals surface area contributed by atoms with E-state index >= 15 is 0 Å². The Kier molecular flexibility index (Phi) is 5.05. The van der Waals surface area contributed by atoms with Gasteiger partial charge in [-0.25, -0.2) is 0 Å². The number of hydrogen-bond acceptors (Lipinski definition) is 3. The van der Waals surface area contributed by atoms with Gasteiger partial charge in [0, 0.05) is 26.2 Å². The lowest BCUT2D eigenvalue weighted by molar-refractivity contribution is -0.132. The molecule has 0 bridgehead atoms. The third kappa shape index (κ3) is 4.18. The lowest BCUT2D eigenvalue weighted by Crippen LogP contribution is -2.45. The number of rotatable bonds is 4. The molecule has 15 heavy (non-hydrogen) atoms. The molecule has 0 aliphatic carbocycles. The minimum atomic E-state index is 0.207. The molecule has 0 unspecified atom stereocenters. The molecule has 0 saturated carbocycles. The van der Waals surface area contributed by atoms with Gasteiger partial charge in [-0.05, 0) is 12.8 Å². The maximum atomic E-state index is 11.7. The number of carbonyl (C=O) groups excluding carboxylic acids is 1. The number of methoxy groups -OCH3 is 1. The van der Waals surface area contributed by atoms with E-state index in [2.05, 4.69) is 5.32 Å². The Morgan fingerprint density at radius 2 is 2.07 bits per heavy atom. The molecule has 88 valence electrons. The van der Waals surface area contributed by atoms with Crippen molar-refractivity contribution in [3.05, 3.63) is 0 Å². The molecule has 1 fully saturated rings. The Labute approximate surface area is 92.0 Å². The van der Waals surface area contributed by atoms with Gasteiger partial charge < -0.3 is 15.0 Å². The fourth-order valence-electron chi connectivity index (χ4n) is 1.74. The third-order valence-corrected chi connectivity index (χ3v) is 2.79. The van der Waals surface area contributed by atoms with Gasteiger partial charge in [0.05, 0.1) is 12.6 Å². The van der Waals surface area contributed by atoms with Gasteiger partial charge in [-0.15, -0.1) is 0 Å². The van der Waals surface area contributed by atoms with Crippen LogP contribution in [0.15, 0.2) is 0 Å². The van der Waals surface area contributed by atoms with E-state index in [0.29, 0.717) is 18.7 Å². The SMILES string of the molecule is COC1CCN(C(=O)CNC(C)C)CC1. The highest BCUT2D eigenvalue weighted by Crippen LogP contribution is 2.12.